The Kier molecular flexibility index (Phi) is 4.58. The molecule has 0 saturated heterocycles. The second-order valence-corrected chi connectivity index (χ2v) is 4.55. The highest BCUT2D eigenvalue weighted by Gasteiger charge is 2.10. The fraction of sp³-hybridized carbons (Fsp3) is 0.500. The van der Waals surface area contributed by atoms with Crippen molar-refractivity contribution < 1.29 is 5.21 Å². The maximum Gasteiger partial charge on any atom is 0.143 e. The molecule has 0 radical (unpaired) electrons. The maximum absolute atomic E-state index is 8.49. The Morgan fingerprint density at radius 3 is 2.93 bits per heavy atom. The van der Waals surface area contributed by atoms with E-state index in [2.05, 4.69) is 28.8 Å². The zero-order valence-corrected chi connectivity index (χ0v) is 9.79. The quantitative estimate of drug-likeness (QED) is 0.311. The van der Waals surface area contributed by atoms with E-state index in [4.69, 9.17) is 10.9 Å². The molecular weight excluding hydrogens is 210 g/mol. The molecule has 0 amide bonds. The van der Waals surface area contributed by atoms with Crippen LogP contribution < -0.4 is 11.1 Å². The van der Waals surface area contributed by atoms with Gasteiger partial charge in [-0.2, -0.15) is 0 Å². The first kappa shape index (κ1) is 12.0. The van der Waals surface area contributed by atoms with Crippen molar-refractivity contribution in [3.63, 3.8) is 0 Å². The largest absolute Gasteiger partial charge is 0.409 e. The SMILES string of the molecule is CC(CN[C@@H](C)c1cccs1)/C(N)=N/O. The highest BCUT2D eigenvalue weighted by atomic mass is 32.1. The number of amidine groups is 1. The third kappa shape index (κ3) is 3.53. The van der Waals surface area contributed by atoms with E-state index in [1.807, 2.05) is 13.0 Å². The molecule has 5 heteroatoms. The zero-order valence-electron chi connectivity index (χ0n) is 8.97. The molecule has 0 aliphatic carbocycles. The van der Waals surface area contributed by atoms with E-state index >= 15 is 0 Å². The van der Waals surface area contributed by atoms with Gasteiger partial charge in [-0.15, -0.1) is 11.3 Å². The van der Waals surface area contributed by atoms with Crippen LogP contribution in [0.4, 0.5) is 0 Å². The molecule has 1 aromatic rings. The van der Waals surface area contributed by atoms with Crippen molar-refractivity contribution in [3.8, 4) is 0 Å². The van der Waals surface area contributed by atoms with Gasteiger partial charge in [0.05, 0.1) is 0 Å². The molecular formula is C10H17N3OS. The third-order valence-electron chi connectivity index (χ3n) is 2.32. The summed E-state index contributed by atoms with van der Waals surface area (Å²) in [5, 5.41) is 16.9. The minimum atomic E-state index is 0.0393. The highest BCUT2D eigenvalue weighted by molar-refractivity contribution is 7.10. The zero-order chi connectivity index (χ0) is 11.3. The van der Waals surface area contributed by atoms with Gasteiger partial charge >= 0.3 is 0 Å². The van der Waals surface area contributed by atoms with Gasteiger partial charge in [0.1, 0.15) is 5.84 Å². The number of nitrogens with two attached hydrogens (primary N) is 1. The van der Waals surface area contributed by atoms with Crippen LogP contribution in [0.5, 0.6) is 0 Å². The summed E-state index contributed by atoms with van der Waals surface area (Å²) in [5.41, 5.74) is 5.48. The smallest absolute Gasteiger partial charge is 0.143 e. The van der Waals surface area contributed by atoms with E-state index in [9.17, 15) is 0 Å². The predicted molar refractivity (Wildman–Crippen MR) is 63.3 cm³/mol. The fourth-order valence-corrected chi connectivity index (χ4v) is 1.95. The Bertz CT molecular complexity index is 310. The molecule has 0 aliphatic heterocycles. The summed E-state index contributed by atoms with van der Waals surface area (Å²) in [5.74, 6) is 0.304. The van der Waals surface area contributed by atoms with Gasteiger partial charge in [-0.25, -0.2) is 0 Å². The van der Waals surface area contributed by atoms with Gasteiger partial charge in [0.15, 0.2) is 0 Å². The summed E-state index contributed by atoms with van der Waals surface area (Å²) in [6.07, 6.45) is 0. The lowest BCUT2D eigenvalue weighted by atomic mass is 10.1. The van der Waals surface area contributed by atoms with Crippen LogP contribution >= 0.6 is 11.3 Å². The minimum Gasteiger partial charge on any atom is -0.409 e. The predicted octanol–water partition coefficient (Wildman–Crippen LogP) is 1.78. The van der Waals surface area contributed by atoms with Gasteiger partial charge < -0.3 is 16.3 Å². The molecule has 1 rings (SSSR count). The van der Waals surface area contributed by atoms with Crippen LogP contribution in [0.1, 0.15) is 24.8 Å². The lowest BCUT2D eigenvalue weighted by Crippen LogP contribution is -2.32. The monoisotopic (exact) mass is 227 g/mol. The highest BCUT2D eigenvalue weighted by Crippen LogP contribution is 2.18. The van der Waals surface area contributed by atoms with E-state index in [1.165, 1.54) is 4.88 Å². The molecule has 0 aromatic carbocycles. The van der Waals surface area contributed by atoms with Crippen LogP contribution in [0, 0.1) is 5.92 Å². The first-order valence-electron chi connectivity index (χ1n) is 4.89. The average Bonchev–Trinajstić information content (AvgIpc) is 2.77. The van der Waals surface area contributed by atoms with Gasteiger partial charge in [-0.05, 0) is 18.4 Å². The van der Waals surface area contributed by atoms with Crippen molar-refractivity contribution in [2.45, 2.75) is 19.9 Å². The standard InChI is InChI=1S/C10H17N3OS/c1-7(10(11)13-14)6-12-8(2)9-4-3-5-15-9/h3-5,7-8,12,14H,6H2,1-2H3,(H2,11,13)/t7?,8-/m0/s1. The first-order valence-corrected chi connectivity index (χ1v) is 5.77. The maximum atomic E-state index is 8.49. The van der Waals surface area contributed by atoms with Crippen molar-refractivity contribution >= 4 is 17.2 Å². The van der Waals surface area contributed by atoms with Crippen LogP contribution in [0.3, 0.4) is 0 Å². The Morgan fingerprint density at radius 2 is 2.40 bits per heavy atom. The summed E-state index contributed by atoms with van der Waals surface area (Å²) in [7, 11) is 0. The van der Waals surface area contributed by atoms with E-state index in [0.717, 1.165) is 0 Å². The van der Waals surface area contributed by atoms with Crippen molar-refractivity contribution in [3.05, 3.63) is 22.4 Å². The molecule has 15 heavy (non-hydrogen) atoms. The van der Waals surface area contributed by atoms with E-state index in [1.54, 1.807) is 11.3 Å². The summed E-state index contributed by atoms with van der Waals surface area (Å²) < 4.78 is 0. The van der Waals surface area contributed by atoms with Gasteiger partial charge in [0.25, 0.3) is 0 Å². The van der Waals surface area contributed by atoms with Gasteiger partial charge in [-0.3, -0.25) is 0 Å². The first-order chi connectivity index (χ1) is 7.15. The Labute approximate surface area is 93.8 Å². The second kappa shape index (κ2) is 5.72. The number of rotatable bonds is 5. The van der Waals surface area contributed by atoms with Crippen molar-refractivity contribution in [2.24, 2.45) is 16.8 Å². The number of nitrogens with zero attached hydrogens (tertiary/aromatic N) is 1. The fourth-order valence-electron chi connectivity index (χ4n) is 1.19. The number of hydrogen-bond donors (Lipinski definition) is 3. The second-order valence-electron chi connectivity index (χ2n) is 3.57. The van der Waals surface area contributed by atoms with Crippen molar-refractivity contribution in [2.75, 3.05) is 6.54 Å². The molecule has 1 unspecified atom stereocenters. The van der Waals surface area contributed by atoms with E-state index < -0.39 is 0 Å². The van der Waals surface area contributed by atoms with Crippen LogP contribution in [0.25, 0.3) is 0 Å². The average molecular weight is 227 g/mol. The lowest BCUT2D eigenvalue weighted by molar-refractivity contribution is 0.313. The lowest BCUT2D eigenvalue weighted by Gasteiger charge is -2.15. The minimum absolute atomic E-state index is 0.0393. The van der Waals surface area contributed by atoms with Crippen LogP contribution in [0.2, 0.25) is 0 Å². The third-order valence-corrected chi connectivity index (χ3v) is 3.38. The molecule has 4 nitrogen and oxygen atoms in total. The summed E-state index contributed by atoms with van der Waals surface area (Å²) in [4.78, 5) is 1.29. The molecule has 0 saturated carbocycles. The number of nitrogens with one attached hydrogen (secondary N) is 1. The van der Waals surface area contributed by atoms with E-state index in [0.29, 0.717) is 12.6 Å². The summed E-state index contributed by atoms with van der Waals surface area (Å²) >= 11 is 1.72. The molecule has 84 valence electrons. The van der Waals surface area contributed by atoms with Crippen molar-refractivity contribution in [1.29, 1.82) is 0 Å². The Balaban J connectivity index is 2.38. The Hall–Kier alpha value is -1.07. The van der Waals surface area contributed by atoms with Crippen LogP contribution in [0.15, 0.2) is 22.7 Å². The van der Waals surface area contributed by atoms with Crippen LogP contribution in [-0.4, -0.2) is 17.6 Å². The van der Waals surface area contributed by atoms with E-state index in [-0.39, 0.29) is 11.8 Å². The van der Waals surface area contributed by atoms with Gasteiger partial charge in [0, 0.05) is 23.4 Å². The Morgan fingerprint density at radius 1 is 1.67 bits per heavy atom. The number of oxime groups is 1. The van der Waals surface area contributed by atoms with Gasteiger partial charge in [0.2, 0.25) is 0 Å². The number of hydrogen-bond acceptors (Lipinski definition) is 4. The molecule has 0 spiro atoms. The molecule has 1 heterocycles. The number of thiophene rings is 1. The molecule has 0 fully saturated rings. The summed E-state index contributed by atoms with van der Waals surface area (Å²) in [6.45, 7) is 4.73. The van der Waals surface area contributed by atoms with Crippen LogP contribution in [-0.2, 0) is 0 Å². The van der Waals surface area contributed by atoms with Crippen molar-refractivity contribution in [1.82, 2.24) is 5.32 Å². The normalized spacial score (nSPS) is 16.3. The molecule has 4 N–H and O–H groups in total. The van der Waals surface area contributed by atoms with Gasteiger partial charge in [-0.1, -0.05) is 18.1 Å². The molecule has 0 bridgehead atoms. The molecule has 2 atom stereocenters. The topological polar surface area (TPSA) is 70.6 Å². The summed E-state index contributed by atoms with van der Waals surface area (Å²) in [6, 6.07) is 4.43. The molecule has 0 aliphatic rings. The molecule has 1 aromatic heterocycles.